The van der Waals surface area contributed by atoms with E-state index >= 15 is 0 Å². The lowest BCUT2D eigenvalue weighted by atomic mass is 10.1. The number of para-hydroxylation sites is 1. The van der Waals surface area contributed by atoms with Crippen LogP contribution in [0.15, 0.2) is 53.0 Å². The van der Waals surface area contributed by atoms with E-state index in [9.17, 15) is 18.0 Å². The van der Waals surface area contributed by atoms with E-state index in [4.69, 9.17) is 0 Å². The Balaban J connectivity index is 2.41. The molecule has 2 amide bonds. The van der Waals surface area contributed by atoms with Gasteiger partial charge in [0.05, 0.1) is 11.9 Å². The van der Waals surface area contributed by atoms with Crippen molar-refractivity contribution in [3.05, 3.63) is 64.1 Å². The second-order valence-electron chi connectivity index (χ2n) is 8.30. The molecule has 2 rings (SSSR count). The lowest BCUT2D eigenvalue weighted by Gasteiger charge is -2.33. The molecule has 1 atom stereocenters. The summed E-state index contributed by atoms with van der Waals surface area (Å²) in [5, 5.41) is 2.92. The molecule has 2 aromatic rings. The Labute approximate surface area is 211 Å². The number of amides is 2. The number of benzene rings is 2. The van der Waals surface area contributed by atoms with Crippen molar-refractivity contribution in [2.45, 2.75) is 52.6 Å². The number of aryl methyl sites for hydroxylation is 1. The minimum absolute atomic E-state index is 0.202. The normalized spacial score (nSPS) is 12.1. The maximum Gasteiger partial charge on any atom is 0.244 e. The zero-order valence-electron chi connectivity index (χ0n) is 20.3. The highest BCUT2D eigenvalue weighted by Crippen LogP contribution is 2.28. The molecule has 0 aliphatic heterocycles. The Bertz CT molecular complexity index is 1090. The highest BCUT2D eigenvalue weighted by molar-refractivity contribution is 9.10. The van der Waals surface area contributed by atoms with E-state index in [1.165, 1.54) is 4.90 Å². The lowest BCUT2D eigenvalue weighted by Crippen LogP contribution is -2.52. The molecule has 0 saturated heterocycles. The Kier molecular flexibility index (Phi) is 10.6. The molecule has 0 heterocycles. The minimum atomic E-state index is -3.76. The van der Waals surface area contributed by atoms with Crippen LogP contribution in [-0.2, 0) is 26.2 Å². The fourth-order valence-corrected chi connectivity index (χ4v) is 5.16. The number of rotatable bonds is 12. The highest BCUT2D eigenvalue weighted by atomic mass is 79.9. The van der Waals surface area contributed by atoms with Crippen LogP contribution >= 0.6 is 15.9 Å². The van der Waals surface area contributed by atoms with Crippen molar-refractivity contribution >= 4 is 43.5 Å². The molecule has 0 aliphatic carbocycles. The van der Waals surface area contributed by atoms with Gasteiger partial charge in [-0.2, -0.15) is 0 Å². The van der Waals surface area contributed by atoms with Crippen molar-refractivity contribution in [3.8, 4) is 0 Å². The van der Waals surface area contributed by atoms with Gasteiger partial charge in [-0.15, -0.1) is 0 Å². The molecule has 7 nitrogen and oxygen atoms in total. The molecular formula is C25H34BrN3O4S. The summed E-state index contributed by atoms with van der Waals surface area (Å²) in [5.74, 6) is -0.677. The third kappa shape index (κ3) is 7.84. The third-order valence-corrected chi connectivity index (χ3v) is 7.25. The van der Waals surface area contributed by atoms with Gasteiger partial charge in [-0.1, -0.05) is 62.2 Å². The first kappa shape index (κ1) is 27.9. The second-order valence-corrected chi connectivity index (χ2v) is 11.1. The molecule has 34 heavy (non-hydrogen) atoms. The van der Waals surface area contributed by atoms with Gasteiger partial charge in [0.1, 0.15) is 12.6 Å². The zero-order chi connectivity index (χ0) is 25.3. The smallest absolute Gasteiger partial charge is 0.244 e. The van der Waals surface area contributed by atoms with Crippen LogP contribution in [0.5, 0.6) is 0 Å². The third-order valence-electron chi connectivity index (χ3n) is 5.45. The summed E-state index contributed by atoms with van der Waals surface area (Å²) in [4.78, 5) is 28.1. The van der Waals surface area contributed by atoms with Gasteiger partial charge in [-0.05, 0) is 53.4 Å². The van der Waals surface area contributed by atoms with E-state index in [1.54, 1.807) is 24.3 Å². The summed E-state index contributed by atoms with van der Waals surface area (Å²) >= 11 is 3.38. The quantitative estimate of drug-likeness (QED) is 0.399. The molecule has 0 spiro atoms. The highest BCUT2D eigenvalue weighted by Gasteiger charge is 2.32. The maximum atomic E-state index is 13.6. The van der Waals surface area contributed by atoms with Crippen LogP contribution in [0.3, 0.4) is 0 Å². The number of nitrogens with one attached hydrogen (secondary N) is 1. The number of hydrogen-bond donors (Lipinski definition) is 1. The molecule has 9 heteroatoms. The molecule has 2 aromatic carbocycles. The molecule has 0 fully saturated rings. The van der Waals surface area contributed by atoms with Crippen molar-refractivity contribution in [1.29, 1.82) is 0 Å². The van der Waals surface area contributed by atoms with Gasteiger partial charge in [0.15, 0.2) is 0 Å². The van der Waals surface area contributed by atoms with Crippen molar-refractivity contribution in [1.82, 2.24) is 10.2 Å². The monoisotopic (exact) mass is 551 g/mol. The minimum Gasteiger partial charge on any atom is -0.354 e. The molecule has 0 radical (unpaired) electrons. The fourth-order valence-electron chi connectivity index (χ4n) is 3.68. The van der Waals surface area contributed by atoms with Crippen LogP contribution in [-0.4, -0.2) is 50.5 Å². The Hall–Kier alpha value is -2.39. The average molecular weight is 553 g/mol. The molecule has 0 saturated carbocycles. The SMILES string of the molecule is CCCCNC(=O)C(CC)N(Cc1cccc(C)c1)C(=O)CN(c1ccccc1Br)S(C)(=O)=O. The number of nitrogens with zero attached hydrogens (tertiary/aromatic N) is 2. The number of carbonyl (C=O) groups excluding carboxylic acids is 2. The number of hydrogen-bond acceptors (Lipinski definition) is 4. The predicted molar refractivity (Wildman–Crippen MR) is 140 cm³/mol. The standard InChI is InChI=1S/C25H34BrN3O4S/c1-5-7-15-27-25(31)22(6-2)28(17-20-12-10-11-19(3)16-20)24(30)18-29(34(4,32)33)23-14-9-8-13-21(23)26/h8-14,16,22H,5-7,15,17-18H2,1-4H3,(H,27,31). The zero-order valence-corrected chi connectivity index (χ0v) is 22.7. The van der Waals surface area contributed by atoms with Crippen LogP contribution in [0.4, 0.5) is 5.69 Å². The van der Waals surface area contributed by atoms with E-state index in [-0.39, 0.29) is 12.5 Å². The summed E-state index contributed by atoms with van der Waals surface area (Å²) in [6.07, 6.45) is 3.26. The number of sulfonamides is 1. The van der Waals surface area contributed by atoms with Crippen LogP contribution in [0.25, 0.3) is 0 Å². The van der Waals surface area contributed by atoms with Gasteiger partial charge < -0.3 is 10.2 Å². The summed E-state index contributed by atoms with van der Waals surface area (Å²) in [7, 11) is -3.76. The number of anilines is 1. The molecule has 1 unspecified atom stereocenters. The predicted octanol–water partition coefficient (Wildman–Crippen LogP) is 4.25. The first-order valence-corrected chi connectivity index (χ1v) is 14.1. The first-order valence-electron chi connectivity index (χ1n) is 11.4. The van der Waals surface area contributed by atoms with Crippen LogP contribution in [0.1, 0.15) is 44.2 Å². The molecule has 186 valence electrons. The summed E-state index contributed by atoms with van der Waals surface area (Å²) in [6, 6.07) is 13.8. The van der Waals surface area contributed by atoms with Gasteiger partial charge in [-0.3, -0.25) is 13.9 Å². The van der Waals surface area contributed by atoms with Crippen molar-refractivity contribution in [2.75, 3.05) is 23.7 Å². The van der Waals surface area contributed by atoms with Gasteiger partial charge in [0.2, 0.25) is 21.8 Å². The number of halogens is 1. The topological polar surface area (TPSA) is 86.8 Å². The van der Waals surface area contributed by atoms with Crippen molar-refractivity contribution in [3.63, 3.8) is 0 Å². The van der Waals surface area contributed by atoms with E-state index in [2.05, 4.69) is 21.2 Å². The molecule has 0 aliphatic rings. The van der Waals surface area contributed by atoms with E-state index in [1.807, 2.05) is 45.0 Å². The molecular weight excluding hydrogens is 518 g/mol. The molecule has 0 bridgehead atoms. The molecule has 1 N–H and O–H groups in total. The lowest BCUT2D eigenvalue weighted by molar-refractivity contribution is -0.140. The second kappa shape index (κ2) is 12.9. The van der Waals surface area contributed by atoms with E-state index < -0.39 is 28.5 Å². The van der Waals surface area contributed by atoms with Crippen LogP contribution in [0, 0.1) is 6.92 Å². The Morgan fingerprint density at radius 1 is 1.09 bits per heavy atom. The first-order chi connectivity index (χ1) is 16.1. The van der Waals surface area contributed by atoms with Gasteiger partial charge in [0, 0.05) is 17.6 Å². The van der Waals surface area contributed by atoms with Gasteiger partial charge in [0.25, 0.3) is 0 Å². The van der Waals surface area contributed by atoms with Crippen LogP contribution < -0.4 is 9.62 Å². The summed E-state index contributed by atoms with van der Waals surface area (Å²) in [6.45, 7) is 6.18. The number of carbonyl (C=O) groups is 2. The van der Waals surface area contributed by atoms with Gasteiger partial charge in [-0.25, -0.2) is 8.42 Å². The largest absolute Gasteiger partial charge is 0.354 e. The number of unbranched alkanes of at least 4 members (excludes halogenated alkanes) is 1. The summed E-state index contributed by atoms with van der Waals surface area (Å²) < 4.78 is 26.9. The molecule has 0 aromatic heterocycles. The Morgan fingerprint density at radius 2 is 1.79 bits per heavy atom. The van der Waals surface area contributed by atoms with E-state index in [0.29, 0.717) is 23.1 Å². The maximum absolute atomic E-state index is 13.6. The van der Waals surface area contributed by atoms with Gasteiger partial charge >= 0.3 is 0 Å². The van der Waals surface area contributed by atoms with Crippen molar-refractivity contribution < 1.29 is 18.0 Å². The average Bonchev–Trinajstić information content (AvgIpc) is 2.77. The fraction of sp³-hybridized carbons (Fsp3) is 0.440. The van der Waals surface area contributed by atoms with E-state index in [0.717, 1.165) is 34.5 Å². The summed E-state index contributed by atoms with van der Waals surface area (Å²) in [5.41, 5.74) is 2.28. The van der Waals surface area contributed by atoms with Crippen molar-refractivity contribution in [2.24, 2.45) is 0 Å². The van der Waals surface area contributed by atoms with Crippen LogP contribution in [0.2, 0.25) is 0 Å². The Morgan fingerprint density at radius 3 is 2.38 bits per heavy atom.